The van der Waals surface area contributed by atoms with E-state index in [0.29, 0.717) is 37.7 Å². The van der Waals surface area contributed by atoms with Gasteiger partial charge in [0, 0.05) is 26.2 Å². The molecule has 0 unspecified atom stereocenters. The molecule has 2 heterocycles. The fraction of sp³-hybridized carbons (Fsp3) is 0.435. The molecular formula is C23H29FN6O2S. The molecule has 0 bridgehead atoms. The Morgan fingerprint density at radius 1 is 1.00 bits per heavy atom. The van der Waals surface area contributed by atoms with Crippen molar-refractivity contribution in [1.29, 1.82) is 0 Å². The van der Waals surface area contributed by atoms with E-state index in [2.05, 4.69) is 34.3 Å². The minimum absolute atomic E-state index is 0.150. The number of aromatic nitrogens is 4. The molecule has 1 aliphatic heterocycles. The normalized spacial score (nSPS) is 16.3. The van der Waals surface area contributed by atoms with Gasteiger partial charge in [-0.05, 0) is 47.5 Å². The molecule has 0 saturated carbocycles. The molecule has 33 heavy (non-hydrogen) atoms. The fourth-order valence-corrected chi connectivity index (χ4v) is 5.53. The number of hydrogen-bond acceptors (Lipinski definition) is 7. The third-order valence-electron chi connectivity index (χ3n) is 6.03. The Bertz CT molecular complexity index is 1190. The highest BCUT2D eigenvalue weighted by Crippen LogP contribution is 2.30. The maximum Gasteiger partial charge on any atom is 0.198 e. The lowest BCUT2D eigenvalue weighted by Crippen LogP contribution is -2.49. The number of rotatable bonds is 7. The second-order valence-corrected chi connectivity index (χ2v) is 10.7. The molecule has 176 valence electrons. The third-order valence-corrected chi connectivity index (χ3v) is 7.60. The number of hydrogen-bond donors (Lipinski definition) is 0. The van der Waals surface area contributed by atoms with Gasteiger partial charge in [-0.1, -0.05) is 43.7 Å². The maximum absolute atomic E-state index is 14.2. The van der Waals surface area contributed by atoms with Crippen LogP contribution in [0.2, 0.25) is 0 Å². The lowest BCUT2D eigenvalue weighted by atomic mass is 10.0. The molecule has 0 radical (unpaired) electrons. The van der Waals surface area contributed by atoms with E-state index >= 15 is 0 Å². The standard InChI is InChI=1S/C23H29FN6O2S/c1-17(2)22(29-14-12-28(13-15-29)21-7-5-4-6-20(21)24)23-25-26-27-30(23)16-33(31,32)19-10-8-18(3)9-11-19/h4-11,17,22H,12-16H2,1-3H3/t22-/m0/s1. The Balaban J connectivity index is 1.53. The topological polar surface area (TPSA) is 84.2 Å². The van der Waals surface area contributed by atoms with Crippen molar-refractivity contribution in [1.82, 2.24) is 25.1 Å². The summed E-state index contributed by atoms with van der Waals surface area (Å²) < 4.78 is 41.6. The number of nitrogens with zero attached hydrogens (tertiary/aromatic N) is 6. The summed E-state index contributed by atoms with van der Waals surface area (Å²) in [4.78, 5) is 4.53. The molecule has 1 fully saturated rings. The number of sulfone groups is 1. The van der Waals surface area contributed by atoms with E-state index in [1.54, 1.807) is 36.4 Å². The van der Waals surface area contributed by atoms with Crippen molar-refractivity contribution in [2.75, 3.05) is 31.1 Å². The van der Waals surface area contributed by atoms with Crippen LogP contribution >= 0.6 is 0 Å². The molecular weight excluding hydrogens is 443 g/mol. The molecule has 10 heteroatoms. The largest absolute Gasteiger partial charge is 0.367 e. The Morgan fingerprint density at radius 2 is 1.67 bits per heavy atom. The van der Waals surface area contributed by atoms with Gasteiger partial charge in [0.2, 0.25) is 0 Å². The quantitative estimate of drug-likeness (QED) is 0.522. The molecule has 0 aliphatic carbocycles. The number of anilines is 1. The van der Waals surface area contributed by atoms with Crippen LogP contribution in [0.15, 0.2) is 53.4 Å². The van der Waals surface area contributed by atoms with Crippen molar-refractivity contribution in [3.05, 3.63) is 65.7 Å². The summed E-state index contributed by atoms with van der Waals surface area (Å²) in [5.41, 5.74) is 1.60. The number of tetrazole rings is 1. The molecule has 1 saturated heterocycles. The van der Waals surface area contributed by atoms with Gasteiger partial charge in [0.1, 0.15) is 5.82 Å². The molecule has 1 atom stereocenters. The van der Waals surface area contributed by atoms with Crippen LogP contribution in [0.25, 0.3) is 0 Å². The number of aryl methyl sites for hydroxylation is 1. The second-order valence-electron chi connectivity index (χ2n) is 8.76. The van der Waals surface area contributed by atoms with Crippen LogP contribution in [-0.2, 0) is 15.7 Å². The highest BCUT2D eigenvalue weighted by molar-refractivity contribution is 7.90. The molecule has 3 aromatic rings. The lowest BCUT2D eigenvalue weighted by Gasteiger charge is -2.41. The molecule has 0 amide bonds. The Morgan fingerprint density at radius 3 is 2.30 bits per heavy atom. The summed E-state index contributed by atoms with van der Waals surface area (Å²) in [6.45, 7) is 8.75. The van der Waals surface area contributed by atoms with Gasteiger partial charge < -0.3 is 4.90 Å². The Labute approximate surface area is 193 Å². The van der Waals surface area contributed by atoms with E-state index in [1.807, 2.05) is 17.9 Å². The van der Waals surface area contributed by atoms with Gasteiger partial charge in [-0.3, -0.25) is 4.90 Å². The summed E-state index contributed by atoms with van der Waals surface area (Å²) in [6.07, 6.45) is 0. The lowest BCUT2D eigenvalue weighted by molar-refractivity contribution is 0.135. The summed E-state index contributed by atoms with van der Waals surface area (Å²) in [5, 5.41) is 12.0. The van der Waals surface area contributed by atoms with Crippen LogP contribution in [0, 0.1) is 18.7 Å². The first kappa shape index (κ1) is 23.3. The van der Waals surface area contributed by atoms with Crippen molar-refractivity contribution in [2.45, 2.75) is 37.6 Å². The third kappa shape index (κ3) is 5.06. The summed E-state index contributed by atoms with van der Waals surface area (Å²) in [6, 6.07) is 13.4. The van der Waals surface area contributed by atoms with Crippen LogP contribution in [0.5, 0.6) is 0 Å². The maximum atomic E-state index is 14.2. The number of benzene rings is 2. The van der Waals surface area contributed by atoms with Crippen LogP contribution in [0.1, 0.15) is 31.3 Å². The zero-order valence-electron chi connectivity index (χ0n) is 19.1. The Hall–Kier alpha value is -2.85. The molecule has 4 rings (SSSR count). The molecule has 1 aliphatic rings. The van der Waals surface area contributed by atoms with Crippen molar-refractivity contribution < 1.29 is 12.8 Å². The molecule has 1 aromatic heterocycles. The van der Waals surface area contributed by atoms with E-state index < -0.39 is 9.84 Å². The molecule has 0 spiro atoms. The number of para-hydroxylation sites is 1. The number of halogens is 1. The highest BCUT2D eigenvalue weighted by Gasteiger charge is 2.33. The van der Waals surface area contributed by atoms with Crippen molar-refractivity contribution in [3.8, 4) is 0 Å². The predicted molar refractivity (Wildman–Crippen MR) is 124 cm³/mol. The number of piperazine rings is 1. The minimum atomic E-state index is -3.61. The molecule has 2 aromatic carbocycles. The Kier molecular flexibility index (Phi) is 6.76. The first-order valence-electron chi connectivity index (χ1n) is 11.1. The average Bonchev–Trinajstić information content (AvgIpc) is 3.21. The van der Waals surface area contributed by atoms with Crippen molar-refractivity contribution >= 4 is 15.5 Å². The molecule has 0 N–H and O–H groups in total. The minimum Gasteiger partial charge on any atom is -0.367 e. The zero-order valence-corrected chi connectivity index (χ0v) is 19.9. The predicted octanol–water partition coefficient (Wildman–Crippen LogP) is 3.07. The van der Waals surface area contributed by atoms with Gasteiger partial charge in [0.25, 0.3) is 0 Å². The van der Waals surface area contributed by atoms with Crippen molar-refractivity contribution in [2.24, 2.45) is 5.92 Å². The van der Waals surface area contributed by atoms with Crippen LogP contribution in [-0.4, -0.2) is 59.7 Å². The van der Waals surface area contributed by atoms with E-state index in [9.17, 15) is 12.8 Å². The monoisotopic (exact) mass is 472 g/mol. The first-order valence-corrected chi connectivity index (χ1v) is 12.7. The SMILES string of the molecule is Cc1ccc(S(=O)(=O)Cn2nnnc2[C@H](C(C)C)N2CCN(c3ccccc3F)CC2)cc1. The zero-order chi connectivity index (χ0) is 23.6. The summed E-state index contributed by atoms with van der Waals surface area (Å²) >= 11 is 0. The van der Waals surface area contributed by atoms with Gasteiger partial charge in [-0.15, -0.1) is 5.10 Å². The fourth-order valence-electron chi connectivity index (χ4n) is 4.33. The van der Waals surface area contributed by atoms with E-state index in [-0.39, 0.29) is 28.5 Å². The van der Waals surface area contributed by atoms with Gasteiger partial charge in [-0.25, -0.2) is 17.5 Å². The summed E-state index contributed by atoms with van der Waals surface area (Å²) in [7, 11) is -3.61. The van der Waals surface area contributed by atoms with Crippen LogP contribution in [0.3, 0.4) is 0 Å². The van der Waals surface area contributed by atoms with E-state index in [4.69, 9.17) is 0 Å². The smallest absolute Gasteiger partial charge is 0.198 e. The van der Waals surface area contributed by atoms with Crippen LogP contribution in [0.4, 0.5) is 10.1 Å². The average molecular weight is 473 g/mol. The van der Waals surface area contributed by atoms with Gasteiger partial charge in [0.15, 0.2) is 21.5 Å². The van der Waals surface area contributed by atoms with Crippen LogP contribution < -0.4 is 4.90 Å². The van der Waals surface area contributed by atoms with Gasteiger partial charge in [-0.2, -0.15) is 0 Å². The van der Waals surface area contributed by atoms with E-state index in [0.717, 1.165) is 5.56 Å². The van der Waals surface area contributed by atoms with Gasteiger partial charge in [0.05, 0.1) is 16.6 Å². The highest BCUT2D eigenvalue weighted by atomic mass is 32.2. The first-order chi connectivity index (χ1) is 15.8. The summed E-state index contributed by atoms with van der Waals surface area (Å²) in [5.74, 6) is 0.130. The molecule has 8 nitrogen and oxygen atoms in total. The van der Waals surface area contributed by atoms with Crippen molar-refractivity contribution in [3.63, 3.8) is 0 Å². The second kappa shape index (κ2) is 9.56. The van der Waals surface area contributed by atoms with E-state index in [1.165, 1.54) is 10.7 Å². The van der Waals surface area contributed by atoms with Gasteiger partial charge >= 0.3 is 0 Å².